The fourth-order valence-corrected chi connectivity index (χ4v) is 4.19. The maximum atomic E-state index is 12.3. The van der Waals surface area contributed by atoms with Gasteiger partial charge in [0.2, 0.25) is 0 Å². The molecule has 1 aliphatic rings. The molecule has 0 unspecified atom stereocenters. The van der Waals surface area contributed by atoms with Crippen LogP contribution in [0.25, 0.3) is 9.88 Å². The van der Waals surface area contributed by atoms with Gasteiger partial charge in [-0.1, -0.05) is 18.9 Å². The van der Waals surface area contributed by atoms with Gasteiger partial charge in [0.25, 0.3) is 5.91 Å². The molecule has 1 saturated carbocycles. The highest BCUT2D eigenvalue weighted by Crippen LogP contribution is 2.31. The summed E-state index contributed by atoms with van der Waals surface area (Å²) in [6.45, 7) is 0.000654. The normalized spacial score (nSPS) is 17.2. The first-order valence-corrected chi connectivity index (χ1v) is 8.41. The molecule has 106 valence electrons. The molecule has 0 saturated heterocycles. The minimum absolute atomic E-state index is 0.000654. The van der Waals surface area contributed by atoms with Crippen molar-refractivity contribution in [2.24, 2.45) is 0 Å². The average molecular weight is 308 g/mol. The van der Waals surface area contributed by atoms with Gasteiger partial charge in [-0.25, -0.2) is 4.98 Å². The van der Waals surface area contributed by atoms with Crippen LogP contribution in [0.1, 0.15) is 36.2 Å². The van der Waals surface area contributed by atoms with Crippen molar-refractivity contribution in [3.63, 3.8) is 0 Å². The van der Waals surface area contributed by atoms with Gasteiger partial charge in [-0.05, 0) is 24.3 Å². The first-order valence-electron chi connectivity index (χ1n) is 6.65. The number of carbonyl (C=O) groups is 1. The molecule has 3 rings (SSSR count). The average Bonchev–Trinajstić information content (AvgIpc) is 3.19. The van der Waals surface area contributed by atoms with E-state index < -0.39 is 5.54 Å². The van der Waals surface area contributed by atoms with E-state index in [4.69, 9.17) is 0 Å². The third kappa shape index (κ3) is 2.63. The highest BCUT2D eigenvalue weighted by atomic mass is 32.1. The minimum atomic E-state index is -0.441. The van der Waals surface area contributed by atoms with Gasteiger partial charge in [0, 0.05) is 5.38 Å². The van der Waals surface area contributed by atoms with Crippen LogP contribution in [0.3, 0.4) is 0 Å². The summed E-state index contributed by atoms with van der Waals surface area (Å²) in [4.78, 5) is 17.7. The zero-order valence-corrected chi connectivity index (χ0v) is 12.6. The van der Waals surface area contributed by atoms with Crippen molar-refractivity contribution in [3.05, 3.63) is 28.6 Å². The molecule has 0 bridgehead atoms. The standard InChI is InChI=1S/C14H16N2O2S2/c17-9-14(5-1-2-6-14)16-12(18)10-8-20-13(15-10)11-4-3-7-19-11/h3-4,7-8,17H,1-2,5-6,9H2,(H,16,18). The summed E-state index contributed by atoms with van der Waals surface area (Å²) in [5.41, 5.74) is 0.00203. The SMILES string of the molecule is O=C(NC1(CO)CCCC1)c1csc(-c2cccs2)n1. The van der Waals surface area contributed by atoms with E-state index >= 15 is 0 Å². The molecule has 20 heavy (non-hydrogen) atoms. The number of nitrogens with one attached hydrogen (secondary N) is 1. The molecule has 6 heteroatoms. The largest absolute Gasteiger partial charge is 0.394 e. The first kappa shape index (κ1) is 13.7. The Balaban J connectivity index is 1.74. The number of thiazole rings is 1. The van der Waals surface area contributed by atoms with E-state index in [0.717, 1.165) is 35.6 Å². The lowest BCUT2D eigenvalue weighted by atomic mass is 9.99. The minimum Gasteiger partial charge on any atom is -0.394 e. The molecule has 2 heterocycles. The third-order valence-corrected chi connectivity index (χ3v) is 5.59. The molecule has 0 atom stereocenters. The molecule has 0 radical (unpaired) electrons. The second-order valence-electron chi connectivity index (χ2n) is 5.11. The zero-order chi connectivity index (χ0) is 14.0. The van der Waals surface area contributed by atoms with Crippen molar-refractivity contribution in [1.82, 2.24) is 10.3 Å². The molecular weight excluding hydrogens is 292 g/mol. The molecule has 0 aromatic carbocycles. The monoisotopic (exact) mass is 308 g/mol. The van der Waals surface area contributed by atoms with Crippen molar-refractivity contribution in [2.75, 3.05) is 6.61 Å². The second-order valence-corrected chi connectivity index (χ2v) is 6.92. The fourth-order valence-electron chi connectivity index (χ4n) is 2.57. The molecule has 2 aromatic heterocycles. The van der Waals surface area contributed by atoms with Crippen LogP contribution in [0.15, 0.2) is 22.9 Å². The number of hydrogen-bond donors (Lipinski definition) is 2. The van der Waals surface area contributed by atoms with Crippen LogP contribution in [-0.4, -0.2) is 28.1 Å². The van der Waals surface area contributed by atoms with E-state index in [1.54, 1.807) is 16.7 Å². The van der Waals surface area contributed by atoms with Gasteiger partial charge < -0.3 is 10.4 Å². The maximum absolute atomic E-state index is 12.3. The van der Waals surface area contributed by atoms with Crippen LogP contribution in [-0.2, 0) is 0 Å². The van der Waals surface area contributed by atoms with Gasteiger partial charge in [-0.2, -0.15) is 0 Å². The lowest BCUT2D eigenvalue weighted by Crippen LogP contribution is -2.49. The van der Waals surface area contributed by atoms with Crippen molar-refractivity contribution >= 4 is 28.6 Å². The predicted octanol–water partition coefficient (Wildman–Crippen LogP) is 2.91. The van der Waals surface area contributed by atoms with E-state index in [2.05, 4.69) is 10.3 Å². The fraction of sp³-hybridized carbons (Fsp3) is 0.429. The lowest BCUT2D eigenvalue weighted by Gasteiger charge is -2.27. The third-order valence-electron chi connectivity index (χ3n) is 3.71. The van der Waals surface area contributed by atoms with Gasteiger partial charge in [0.1, 0.15) is 10.7 Å². The predicted molar refractivity (Wildman–Crippen MR) is 81.2 cm³/mol. The number of hydrogen-bond acceptors (Lipinski definition) is 5. The molecule has 1 fully saturated rings. The Morgan fingerprint density at radius 2 is 2.20 bits per heavy atom. The van der Waals surface area contributed by atoms with Crippen LogP contribution in [0.4, 0.5) is 0 Å². The molecule has 4 nitrogen and oxygen atoms in total. The smallest absolute Gasteiger partial charge is 0.271 e. The number of aromatic nitrogens is 1. The molecule has 2 aromatic rings. The summed E-state index contributed by atoms with van der Waals surface area (Å²) in [5.74, 6) is -0.181. The summed E-state index contributed by atoms with van der Waals surface area (Å²) in [6, 6.07) is 3.97. The molecule has 0 aliphatic heterocycles. The topological polar surface area (TPSA) is 62.2 Å². The van der Waals surface area contributed by atoms with E-state index in [0.29, 0.717) is 5.69 Å². The van der Waals surface area contributed by atoms with E-state index in [-0.39, 0.29) is 12.5 Å². The number of aliphatic hydroxyl groups excluding tert-OH is 1. The van der Waals surface area contributed by atoms with Crippen molar-refractivity contribution < 1.29 is 9.90 Å². The number of thiophene rings is 1. The van der Waals surface area contributed by atoms with Crippen LogP contribution >= 0.6 is 22.7 Å². The number of rotatable bonds is 4. The highest BCUT2D eigenvalue weighted by molar-refractivity contribution is 7.20. The number of carbonyl (C=O) groups excluding carboxylic acids is 1. The summed E-state index contributed by atoms with van der Waals surface area (Å²) in [7, 11) is 0. The Bertz CT molecular complexity index is 586. The highest BCUT2D eigenvalue weighted by Gasteiger charge is 2.35. The van der Waals surface area contributed by atoms with E-state index in [1.165, 1.54) is 11.3 Å². The Kier molecular flexibility index (Phi) is 3.87. The van der Waals surface area contributed by atoms with Crippen LogP contribution in [0.2, 0.25) is 0 Å². The second kappa shape index (κ2) is 5.63. The van der Waals surface area contributed by atoms with Gasteiger partial charge in [-0.3, -0.25) is 4.79 Å². The summed E-state index contributed by atoms with van der Waals surface area (Å²) in [6.07, 6.45) is 3.80. The van der Waals surface area contributed by atoms with Gasteiger partial charge >= 0.3 is 0 Å². The van der Waals surface area contributed by atoms with Gasteiger partial charge in [-0.15, -0.1) is 22.7 Å². The summed E-state index contributed by atoms with van der Waals surface area (Å²) < 4.78 is 0. The summed E-state index contributed by atoms with van der Waals surface area (Å²) >= 11 is 3.09. The zero-order valence-electron chi connectivity index (χ0n) is 11.0. The maximum Gasteiger partial charge on any atom is 0.271 e. The molecule has 1 amide bonds. The Morgan fingerprint density at radius 1 is 1.40 bits per heavy atom. The Morgan fingerprint density at radius 3 is 2.85 bits per heavy atom. The van der Waals surface area contributed by atoms with Crippen LogP contribution in [0.5, 0.6) is 0 Å². The molecule has 2 N–H and O–H groups in total. The van der Waals surface area contributed by atoms with E-state index in [9.17, 15) is 9.90 Å². The first-order chi connectivity index (χ1) is 9.72. The Hall–Kier alpha value is -1.24. The quantitative estimate of drug-likeness (QED) is 0.913. The molecule has 1 aliphatic carbocycles. The van der Waals surface area contributed by atoms with Crippen molar-refractivity contribution in [2.45, 2.75) is 31.2 Å². The van der Waals surface area contributed by atoms with Crippen molar-refractivity contribution in [3.8, 4) is 9.88 Å². The Labute approximate surface area is 125 Å². The van der Waals surface area contributed by atoms with Crippen LogP contribution < -0.4 is 5.32 Å². The van der Waals surface area contributed by atoms with Gasteiger partial charge in [0.15, 0.2) is 0 Å². The summed E-state index contributed by atoms with van der Waals surface area (Å²) in [5, 5.41) is 17.2. The van der Waals surface area contributed by atoms with Crippen molar-refractivity contribution in [1.29, 1.82) is 0 Å². The number of amides is 1. The van der Waals surface area contributed by atoms with Gasteiger partial charge in [0.05, 0.1) is 17.0 Å². The molecule has 0 spiro atoms. The van der Waals surface area contributed by atoms with Crippen LogP contribution in [0, 0.1) is 0 Å². The number of aliphatic hydroxyl groups is 1. The lowest BCUT2D eigenvalue weighted by molar-refractivity contribution is 0.0834. The number of nitrogens with zero attached hydrogens (tertiary/aromatic N) is 1. The molecular formula is C14H16N2O2S2. The van der Waals surface area contributed by atoms with E-state index in [1.807, 2.05) is 17.5 Å².